The number of Topliss-reactive ketones (excluding diaryl/α,β-unsaturated/α-hetero) is 1. The van der Waals surface area contributed by atoms with Crippen LogP contribution in [0.2, 0.25) is 0 Å². The van der Waals surface area contributed by atoms with Gasteiger partial charge in [-0.1, -0.05) is 22.0 Å². The van der Waals surface area contributed by atoms with Crippen LogP contribution in [-0.2, 0) is 16.0 Å². The van der Waals surface area contributed by atoms with Gasteiger partial charge in [-0.15, -0.1) is 0 Å². The molecule has 5 heteroatoms. The van der Waals surface area contributed by atoms with Crippen LogP contribution >= 0.6 is 15.9 Å². The molecule has 0 saturated carbocycles. The first kappa shape index (κ1) is 13.6. The van der Waals surface area contributed by atoms with Gasteiger partial charge in [0.05, 0.1) is 5.54 Å². The molecule has 0 amide bonds. The number of hydrogen-bond acceptors (Lipinski definition) is 3. The van der Waals surface area contributed by atoms with Crippen LogP contribution in [0.3, 0.4) is 0 Å². The van der Waals surface area contributed by atoms with E-state index in [0.717, 1.165) is 5.56 Å². The van der Waals surface area contributed by atoms with Crippen LogP contribution in [0.1, 0.15) is 18.4 Å². The molecule has 3 nitrogen and oxygen atoms in total. The summed E-state index contributed by atoms with van der Waals surface area (Å²) in [5.74, 6) is -0.343. The highest BCUT2D eigenvalue weighted by atomic mass is 79.9. The van der Waals surface area contributed by atoms with Crippen molar-refractivity contribution < 1.29 is 13.9 Å². The lowest BCUT2D eigenvalue weighted by Gasteiger charge is -2.31. The first-order valence-electron chi connectivity index (χ1n) is 5.85. The minimum Gasteiger partial charge on any atom is -0.381 e. The Balaban J connectivity index is 2.11. The lowest BCUT2D eigenvalue weighted by Crippen LogP contribution is -2.52. The van der Waals surface area contributed by atoms with Gasteiger partial charge >= 0.3 is 0 Å². The molecule has 0 spiro atoms. The maximum absolute atomic E-state index is 13.0. The Bertz CT molecular complexity index is 458. The van der Waals surface area contributed by atoms with Crippen molar-refractivity contribution in [1.29, 1.82) is 0 Å². The molecule has 0 atom stereocenters. The van der Waals surface area contributed by atoms with Crippen molar-refractivity contribution in [3.63, 3.8) is 0 Å². The van der Waals surface area contributed by atoms with Crippen molar-refractivity contribution >= 4 is 21.7 Å². The highest BCUT2D eigenvalue weighted by Gasteiger charge is 2.35. The summed E-state index contributed by atoms with van der Waals surface area (Å²) in [4.78, 5) is 12.2. The average molecular weight is 316 g/mol. The average Bonchev–Trinajstić information content (AvgIpc) is 2.33. The first-order chi connectivity index (χ1) is 8.51. The molecule has 1 aromatic carbocycles. The Hall–Kier alpha value is -0.780. The van der Waals surface area contributed by atoms with Crippen molar-refractivity contribution in [1.82, 2.24) is 0 Å². The third kappa shape index (κ3) is 2.96. The molecule has 0 bridgehead atoms. The molecular weight excluding hydrogens is 301 g/mol. The van der Waals surface area contributed by atoms with Crippen LogP contribution in [0.15, 0.2) is 22.7 Å². The van der Waals surface area contributed by atoms with Crippen molar-refractivity contribution in [2.75, 3.05) is 13.2 Å². The molecule has 2 N–H and O–H groups in total. The minimum absolute atomic E-state index is 0.0156. The van der Waals surface area contributed by atoms with Gasteiger partial charge in [0.1, 0.15) is 5.82 Å². The monoisotopic (exact) mass is 315 g/mol. The van der Waals surface area contributed by atoms with E-state index >= 15 is 0 Å². The molecule has 1 aliphatic rings. The summed E-state index contributed by atoms with van der Waals surface area (Å²) in [7, 11) is 0. The topological polar surface area (TPSA) is 52.3 Å². The Kier molecular flexibility index (Phi) is 4.14. The van der Waals surface area contributed by atoms with Crippen LogP contribution < -0.4 is 5.73 Å². The predicted octanol–water partition coefficient (Wildman–Crippen LogP) is 2.21. The second-order valence-electron chi connectivity index (χ2n) is 4.60. The fourth-order valence-electron chi connectivity index (χ4n) is 2.03. The number of halogens is 2. The SMILES string of the molecule is NC1(C(=O)Cc2ccc(F)cc2Br)CCOCC1. The Labute approximate surface area is 114 Å². The quantitative estimate of drug-likeness (QED) is 0.930. The minimum atomic E-state index is -0.800. The zero-order chi connectivity index (χ0) is 13.2. The van der Waals surface area contributed by atoms with E-state index in [-0.39, 0.29) is 18.0 Å². The fourth-order valence-corrected chi connectivity index (χ4v) is 2.52. The number of ether oxygens (including phenoxy) is 1. The molecule has 1 aromatic rings. The first-order valence-corrected chi connectivity index (χ1v) is 6.64. The van der Waals surface area contributed by atoms with Crippen LogP contribution in [-0.4, -0.2) is 24.5 Å². The maximum atomic E-state index is 13.0. The predicted molar refractivity (Wildman–Crippen MR) is 69.8 cm³/mol. The van der Waals surface area contributed by atoms with Crippen molar-refractivity contribution in [2.45, 2.75) is 24.8 Å². The maximum Gasteiger partial charge on any atom is 0.157 e. The van der Waals surface area contributed by atoms with E-state index in [1.54, 1.807) is 6.07 Å². The van der Waals surface area contributed by atoms with Crippen LogP contribution in [0.4, 0.5) is 4.39 Å². The molecule has 1 aliphatic heterocycles. The fraction of sp³-hybridized carbons (Fsp3) is 0.462. The van der Waals surface area contributed by atoms with E-state index in [2.05, 4.69) is 15.9 Å². The van der Waals surface area contributed by atoms with Crippen LogP contribution in [0.5, 0.6) is 0 Å². The summed E-state index contributed by atoms with van der Waals surface area (Å²) in [6.07, 6.45) is 1.31. The zero-order valence-corrected chi connectivity index (χ0v) is 11.5. The van der Waals surface area contributed by atoms with Gasteiger partial charge in [0.15, 0.2) is 5.78 Å². The molecule has 1 fully saturated rings. The van der Waals surface area contributed by atoms with E-state index in [1.165, 1.54) is 12.1 Å². The standard InChI is InChI=1S/C13H15BrFNO2/c14-11-8-10(15)2-1-9(11)7-12(17)13(16)3-5-18-6-4-13/h1-2,8H,3-7,16H2. The van der Waals surface area contributed by atoms with E-state index in [9.17, 15) is 9.18 Å². The zero-order valence-electron chi connectivity index (χ0n) is 9.92. The Morgan fingerprint density at radius 3 is 2.72 bits per heavy atom. The highest BCUT2D eigenvalue weighted by molar-refractivity contribution is 9.10. The summed E-state index contributed by atoms with van der Waals surface area (Å²) in [6.45, 7) is 1.04. The molecule has 1 heterocycles. The molecule has 98 valence electrons. The van der Waals surface area contributed by atoms with Gasteiger partial charge in [0.25, 0.3) is 0 Å². The molecule has 2 rings (SSSR count). The van der Waals surface area contributed by atoms with Gasteiger partial charge < -0.3 is 10.5 Å². The summed E-state index contributed by atoms with van der Waals surface area (Å²) in [5, 5.41) is 0. The molecule has 0 radical (unpaired) electrons. The van der Waals surface area contributed by atoms with E-state index < -0.39 is 5.54 Å². The normalized spacial score (nSPS) is 18.6. The number of benzene rings is 1. The van der Waals surface area contributed by atoms with Crippen molar-refractivity contribution in [3.05, 3.63) is 34.1 Å². The lowest BCUT2D eigenvalue weighted by atomic mass is 9.84. The van der Waals surface area contributed by atoms with Gasteiger partial charge in [-0.3, -0.25) is 4.79 Å². The van der Waals surface area contributed by atoms with Gasteiger partial charge in [0, 0.05) is 24.1 Å². The molecule has 18 heavy (non-hydrogen) atoms. The molecule has 0 aromatic heterocycles. The second-order valence-corrected chi connectivity index (χ2v) is 5.46. The van der Waals surface area contributed by atoms with Gasteiger partial charge in [-0.2, -0.15) is 0 Å². The smallest absolute Gasteiger partial charge is 0.157 e. The van der Waals surface area contributed by atoms with E-state index in [4.69, 9.17) is 10.5 Å². The van der Waals surface area contributed by atoms with Gasteiger partial charge in [-0.05, 0) is 30.5 Å². The Morgan fingerprint density at radius 1 is 1.44 bits per heavy atom. The number of hydrogen-bond donors (Lipinski definition) is 1. The Morgan fingerprint density at radius 2 is 2.11 bits per heavy atom. The molecular formula is C13H15BrFNO2. The van der Waals surface area contributed by atoms with Gasteiger partial charge in [-0.25, -0.2) is 4.39 Å². The van der Waals surface area contributed by atoms with E-state index in [1.807, 2.05) is 0 Å². The third-order valence-electron chi connectivity index (χ3n) is 3.31. The number of nitrogens with two attached hydrogens (primary N) is 1. The van der Waals surface area contributed by atoms with Crippen LogP contribution in [0, 0.1) is 5.82 Å². The van der Waals surface area contributed by atoms with Gasteiger partial charge in [0.2, 0.25) is 0 Å². The number of ketones is 1. The number of carbonyl (C=O) groups is 1. The summed E-state index contributed by atoms with van der Waals surface area (Å²) in [6, 6.07) is 4.32. The number of carbonyl (C=O) groups excluding carboxylic acids is 1. The number of rotatable bonds is 3. The summed E-state index contributed by atoms with van der Waals surface area (Å²) in [5.41, 5.74) is 6.07. The van der Waals surface area contributed by atoms with Crippen molar-refractivity contribution in [2.24, 2.45) is 5.73 Å². The second kappa shape index (κ2) is 5.47. The lowest BCUT2D eigenvalue weighted by molar-refractivity contribution is -0.126. The molecule has 0 unspecified atom stereocenters. The summed E-state index contributed by atoms with van der Waals surface area (Å²) >= 11 is 3.26. The van der Waals surface area contributed by atoms with E-state index in [0.29, 0.717) is 30.5 Å². The highest BCUT2D eigenvalue weighted by Crippen LogP contribution is 2.24. The molecule has 0 aliphatic carbocycles. The van der Waals surface area contributed by atoms with Crippen LogP contribution in [0.25, 0.3) is 0 Å². The summed E-state index contributed by atoms with van der Waals surface area (Å²) < 4.78 is 18.8. The van der Waals surface area contributed by atoms with Crippen molar-refractivity contribution in [3.8, 4) is 0 Å². The largest absolute Gasteiger partial charge is 0.381 e. The molecule has 1 saturated heterocycles. The third-order valence-corrected chi connectivity index (χ3v) is 4.04.